The van der Waals surface area contributed by atoms with Gasteiger partial charge in [-0.1, -0.05) is 17.8 Å². The number of carbonyl (C=O) groups is 2. The molecule has 7 nitrogen and oxygen atoms in total. The molecule has 26 heavy (non-hydrogen) atoms. The number of aromatic carboxylic acids is 1. The average Bonchev–Trinajstić information content (AvgIpc) is 3.01. The lowest BCUT2D eigenvalue weighted by Crippen LogP contribution is -2.15. The first-order valence-corrected chi connectivity index (χ1v) is 8.75. The predicted molar refractivity (Wildman–Crippen MR) is 100 cm³/mol. The number of carboxylic acid groups (broad SMARTS) is 1. The number of nitrogens with one attached hydrogen (secondary N) is 2. The van der Waals surface area contributed by atoms with Gasteiger partial charge in [0.2, 0.25) is 5.91 Å². The Morgan fingerprint density at radius 3 is 2.81 bits per heavy atom. The third kappa shape index (κ3) is 3.97. The SMILES string of the molecule is COc1ccc(C(=O)O)cc1NC(=O)CSc1nc2ccc(C)cc2[nH]1. The van der Waals surface area contributed by atoms with E-state index in [4.69, 9.17) is 9.84 Å². The van der Waals surface area contributed by atoms with Crippen molar-refractivity contribution in [2.45, 2.75) is 12.1 Å². The van der Waals surface area contributed by atoms with Crippen LogP contribution in [0.25, 0.3) is 11.0 Å². The molecule has 0 saturated carbocycles. The van der Waals surface area contributed by atoms with E-state index >= 15 is 0 Å². The van der Waals surface area contributed by atoms with Gasteiger partial charge in [0.15, 0.2) is 5.16 Å². The molecular weight excluding hydrogens is 354 g/mol. The van der Waals surface area contributed by atoms with Crippen molar-refractivity contribution < 1.29 is 19.4 Å². The van der Waals surface area contributed by atoms with Crippen molar-refractivity contribution in [2.75, 3.05) is 18.2 Å². The number of anilines is 1. The third-order valence-electron chi connectivity index (χ3n) is 3.68. The van der Waals surface area contributed by atoms with Crippen LogP contribution in [0.15, 0.2) is 41.6 Å². The van der Waals surface area contributed by atoms with Gasteiger partial charge in [-0.2, -0.15) is 0 Å². The molecule has 3 aromatic rings. The number of H-pyrrole nitrogens is 1. The van der Waals surface area contributed by atoms with Gasteiger partial charge in [-0.25, -0.2) is 9.78 Å². The van der Waals surface area contributed by atoms with E-state index < -0.39 is 5.97 Å². The maximum atomic E-state index is 12.2. The minimum Gasteiger partial charge on any atom is -0.495 e. The number of carbonyl (C=O) groups excluding carboxylic acids is 1. The lowest BCUT2D eigenvalue weighted by atomic mass is 10.2. The van der Waals surface area contributed by atoms with Crippen LogP contribution in [0, 0.1) is 6.92 Å². The Kier molecular flexibility index (Phi) is 5.13. The summed E-state index contributed by atoms with van der Waals surface area (Å²) >= 11 is 1.27. The highest BCUT2D eigenvalue weighted by Gasteiger charge is 2.13. The van der Waals surface area contributed by atoms with Crippen molar-refractivity contribution in [1.29, 1.82) is 0 Å². The maximum absolute atomic E-state index is 12.2. The number of hydrogen-bond acceptors (Lipinski definition) is 5. The Morgan fingerprint density at radius 2 is 2.08 bits per heavy atom. The molecule has 0 radical (unpaired) electrons. The molecule has 0 bridgehead atoms. The summed E-state index contributed by atoms with van der Waals surface area (Å²) in [7, 11) is 1.45. The summed E-state index contributed by atoms with van der Waals surface area (Å²) in [6.45, 7) is 2.00. The molecule has 134 valence electrons. The monoisotopic (exact) mass is 371 g/mol. The Morgan fingerprint density at radius 1 is 1.27 bits per heavy atom. The van der Waals surface area contributed by atoms with Crippen LogP contribution in [-0.2, 0) is 4.79 Å². The Hall–Kier alpha value is -3.00. The zero-order chi connectivity index (χ0) is 18.7. The second kappa shape index (κ2) is 7.49. The van der Waals surface area contributed by atoms with E-state index in [0.29, 0.717) is 16.6 Å². The van der Waals surface area contributed by atoms with Crippen LogP contribution >= 0.6 is 11.8 Å². The molecule has 1 amide bonds. The van der Waals surface area contributed by atoms with Gasteiger partial charge >= 0.3 is 5.97 Å². The number of amides is 1. The summed E-state index contributed by atoms with van der Waals surface area (Å²) in [6, 6.07) is 10.2. The van der Waals surface area contributed by atoms with Crippen LogP contribution in [0.2, 0.25) is 0 Å². The van der Waals surface area contributed by atoms with Crippen LogP contribution in [0.4, 0.5) is 5.69 Å². The number of nitrogens with zero attached hydrogens (tertiary/aromatic N) is 1. The number of methoxy groups -OCH3 is 1. The number of fused-ring (bicyclic) bond motifs is 1. The van der Waals surface area contributed by atoms with Crippen molar-refractivity contribution in [3.63, 3.8) is 0 Å². The number of rotatable bonds is 6. The summed E-state index contributed by atoms with van der Waals surface area (Å²) in [5.41, 5.74) is 3.28. The number of aromatic nitrogens is 2. The van der Waals surface area contributed by atoms with Crippen LogP contribution in [-0.4, -0.2) is 39.8 Å². The highest BCUT2D eigenvalue weighted by molar-refractivity contribution is 7.99. The molecule has 1 heterocycles. The summed E-state index contributed by atoms with van der Waals surface area (Å²) in [5.74, 6) is -0.839. The summed E-state index contributed by atoms with van der Waals surface area (Å²) in [6.07, 6.45) is 0. The molecule has 3 rings (SSSR count). The van der Waals surface area contributed by atoms with Crippen LogP contribution in [0.5, 0.6) is 5.75 Å². The Labute approximate surface area is 153 Å². The molecule has 0 aliphatic rings. The molecule has 0 saturated heterocycles. The average molecular weight is 371 g/mol. The zero-order valence-electron chi connectivity index (χ0n) is 14.2. The van der Waals surface area contributed by atoms with E-state index in [1.807, 2.05) is 25.1 Å². The maximum Gasteiger partial charge on any atom is 0.335 e. The quantitative estimate of drug-likeness (QED) is 0.574. The minimum absolute atomic E-state index is 0.0707. The van der Waals surface area contributed by atoms with Gasteiger partial charge in [0.05, 0.1) is 35.1 Å². The van der Waals surface area contributed by atoms with E-state index in [1.165, 1.54) is 37.1 Å². The van der Waals surface area contributed by atoms with Gasteiger partial charge in [-0.3, -0.25) is 4.79 Å². The van der Waals surface area contributed by atoms with Gasteiger partial charge in [-0.15, -0.1) is 0 Å². The van der Waals surface area contributed by atoms with E-state index in [9.17, 15) is 9.59 Å². The fourth-order valence-electron chi connectivity index (χ4n) is 2.43. The first kappa shape index (κ1) is 17.8. The van der Waals surface area contributed by atoms with Gasteiger partial charge < -0.3 is 20.1 Å². The number of aryl methyl sites for hydroxylation is 1. The third-order valence-corrected chi connectivity index (χ3v) is 4.55. The molecule has 0 aliphatic carbocycles. The van der Waals surface area contributed by atoms with Gasteiger partial charge in [0.25, 0.3) is 0 Å². The molecule has 3 N–H and O–H groups in total. The van der Waals surface area contributed by atoms with Gasteiger partial charge in [-0.05, 0) is 42.8 Å². The molecule has 8 heteroatoms. The van der Waals surface area contributed by atoms with Gasteiger partial charge in [0.1, 0.15) is 5.75 Å². The molecule has 0 fully saturated rings. The van der Waals surface area contributed by atoms with Crippen LogP contribution < -0.4 is 10.1 Å². The number of ether oxygens (including phenoxy) is 1. The lowest BCUT2D eigenvalue weighted by Gasteiger charge is -2.10. The number of imidazole rings is 1. The molecule has 0 aliphatic heterocycles. The topological polar surface area (TPSA) is 104 Å². The van der Waals surface area contributed by atoms with E-state index in [1.54, 1.807) is 0 Å². The summed E-state index contributed by atoms with van der Waals surface area (Å²) in [5, 5.41) is 12.4. The second-order valence-electron chi connectivity index (χ2n) is 5.62. The van der Waals surface area contributed by atoms with Crippen molar-refractivity contribution in [2.24, 2.45) is 0 Å². The molecular formula is C18H17N3O4S. The molecule has 1 aromatic heterocycles. The van der Waals surface area contributed by atoms with Crippen molar-refractivity contribution in [3.05, 3.63) is 47.5 Å². The standard InChI is InChI=1S/C18H17N3O4S/c1-10-3-5-12-13(7-10)21-18(20-12)26-9-16(22)19-14-8-11(17(23)24)4-6-15(14)25-2/h3-8H,9H2,1-2H3,(H,19,22)(H,20,21)(H,23,24). The smallest absolute Gasteiger partial charge is 0.335 e. The fourth-order valence-corrected chi connectivity index (χ4v) is 3.11. The van der Waals surface area contributed by atoms with E-state index in [-0.39, 0.29) is 17.2 Å². The first-order chi connectivity index (χ1) is 12.5. The number of carboxylic acids is 1. The first-order valence-electron chi connectivity index (χ1n) is 7.76. The summed E-state index contributed by atoms with van der Waals surface area (Å²) < 4.78 is 5.16. The highest BCUT2D eigenvalue weighted by atomic mass is 32.2. The normalized spacial score (nSPS) is 10.7. The Balaban J connectivity index is 1.68. The number of benzene rings is 2. The Bertz CT molecular complexity index is 984. The summed E-state index contributed by atoms with van der Waals surface area (Å²) in [4.78, 5) is 30.9. The minimum atomic E-state index is -1.07. The van der Waals surface area contributed by atoms with Crippen molar-refractivity contribution in [1.82, 2.24) is 9.97 Å². The van der Waals surface area contributed by atoms with E-state index in [0.717, 1.165) is 16.6 Å². The molecule has 0 spiro atoms. The molecule has 0 unspecified atom stereocenters. The fraction of sp³-hybridized carbons (Fsp3) is 0.167. The number of hydrogen-bond donors (Lipinski definition) is 3. The number of aromatic amines is 1. The van der Waals surface area contributed by atoms with E-state index in [2.05, 4.69) is 15.3 Å². The van der Waals surface area contributed by atoms with Crippen LogP contribution in [0.1, 0.15) is 15.9 Å². The molecule has 0 atom stereocenters. The van der Waals surface area contributed by atoms with Gasteiger partial charge in [0, 0.05) is 0 Å². The van der Waals surface area contributed by atoms with Crippen LogP contribution in [0.3, 0.4) is 0 Å². The predicted octanol–water partition coefficient (Wildman–Crippen LogP) is 3.31. The second-order valence-corrected chi connectivity index (χ2v) is 6.58. The largest absolute Gasteiger partial charge is 0.495 e. The lowest BCUT2D eigenvalue weighted by molar-refractivity contribution is -0.113. The zero-order valence-corrected chi connectivity index (χ0v) is 15.0. The molecule has 2 aromatic carbocycles. The van der Waals surface area contributed by atoms with Crippen molar-refractivity contribution in [3.8, 4) is 5.75 Å². The number of thioether (sulfide) groups is 1. The van der Waals surface area contributed by atoms with Crippen molar-refractivity contribution >= 4 is 40.4 Å². The highest BCUT2D eigenvalue weighted by Crippen LogP contribution is 2.26.